The van der Waals surface area contributed by atoms with E-state index in [1.54, 1.807) is 36.9 Å². The second kappa shape index (κ2) is 8.05. The first kappa shape index (κ1) is 19.7. The predicted molar refractivity (Wildman–Crippen MR) is 107 cm³/mol. The van der Waals surface area contributed by atoms with Crippen molar-refractivity contribution in [1.29, 1.82) is 0 Å². The lowest BCUT2D eigenvalue weighted by Gasteiger charge is -2.10. The number of imidazole rings is 1. The normalized spacial score (nSPS) is 13.3. The lowest BCUT2D eigenvalue weighted by Crippen LogP contribution is -2.39. The van der Waals surface area contributed by atoms with Crippen LogP contribution in [0.25, 0.3) is 11.2 Å². The lowest BCUT2D eigenvalue weighted by molar-refractivity contribution is 0.0495. The van der Waals surface area contributed by atoms with Crippen molar-refractivity contribution in [3.05, 3.63) is 50.9 Å². The largest absolute Gasteiger partial charge is 0.490 e. The average molecular weight is 414 g/mol. The van der Waals surface area contributed by atoms with Crippen LogP contribution >= 0.6 is 0 Å². The molecule has 1 aliphatic rings. The molecular formula is C20H22N4O6. The van der Waals surface area contributed by atoms with Crippen LogP contribution in [0.4, 0.5) is 0 Å². The summed E-state index contributed by atoms with van der Waals surface area (Å²) in [5, 5.41) is 0. The van der Waals surface area contributed by atoms with Gasteiger partial charge in [-0.05, 0) is 24.6 Å². The summed E-state index contributed by atoms with van der Waals surface area (Å²) in [6.07, 6.45) is 2.58. The molecule has 10 nitrogen and oxygen atoms in total. The minimum absolute atomic E-state index is 0.0618. The number of benzene rings is 1. The van der Waals surface area contributed by atoms with Crippen LogP contribution in [0.2, 0.25) is 0 Å². The Bertz CT molecular complexity index is 1220. The average Bonchev–Trinajstić information content (AvgIpc) is 2.97. The van der Waals surface area contributed by atoms with Crippen LogP contribution in [-0.2, 0) is 25.4 Å². The number of fused-ring (bicyclic) bond motifs is 2. The van der Waals surface area contributed by atoms with E-state index >= 15 is 0 Å². The second-order valence-electron chi connectivity index (χ2n) is 7.03. The third kappa shape index (κ3) is 3.56. The van der Waals surface area contributed by atoms with Gasteiger partial charge in [-0.15, -0.1) is 0 Å². The molecule has 0 amide bonds. The zero-order valence-corrected chi connectivity index (χ0v) is 16.8. The standard InChI is InChI=1S/C20H22N4O6/c1-22-12-21-17-16(22)18(25)24(20(27)23(17)2)7-3-8-30-19(26)13-5-6-14-15(11-13)29-10-4-9-28-14/h5-6,11-12H,3-4,7-10H2,1-2H3. The van der Waals surface area contributed by atoms with Gasteiger partial charge in [0.15, 0.2) is 22.7 Å². The summed E-state index contributed by atoms with van der Waals surface area (Å²) in [7, 11) is 3.26. The van der Waals surface area contributed by atoms with Gasteiger partial charge in [-0.2, -0.15) is 0 Å². The van der Waals surface area contributed by atoms with Gasteiger partial charge in [-0.25, -0.2) is 14.6 Å². The van der Waals surface area contributed by atoms with Gasteiger partial charge >= 0.3 is 11.7 Å². The van der Waals surface area contributed by atoms with E-state index in [9.17, 15) is 14.4 Å². The van der Waals surface area contributed by atoms with Crippen LogP contribution in [0.5, 0.6) is 11.5 Å². The van der Waals surface area contributed by atoms with E-state index in [0.29, 0.717) is 47.9 Å². The Morgan fingerprint density at radius 3 is 2.73 bits per heavy atom. The fourth-order valence-corrected chi connectivity index (χ4v) is 3.35. The Morgan fingerprint density at radius 1 is 1.17 bits per heavy atom. The molecule has 0 saturated carbocycles. The molecule has 0 N–H and O–H groups in total. The molecule has 0 radical (unpaired) electrons. The summed E-state index contributed by atoms with van der Waals surface area (Å²) in [5.41, 5.74) is 0.164. The molecule has 0 unspecified atom stereocenters. The number of ether oxygens (including phenoxy) is 3. The topological polar surface area (TPSA) is 107 Å². The molecule has 2 aromatic heterocycles. The van der Waals surface area contributed by atoms with Gasteiger partial charge in [0, 0.05) is 27.1 Å². The maximum atomic E-state index is 12.7. The van der Waals surface area contributed by atoms with E-state index in [2.05, 4.69) is 4.98 Å². The number of esters is 1. The highest BCUT2D eigenvalue weighted by Gasteiger charge is 2.16. The molecule has 0 fully saturated rings. The first-order valence-corrected chi connectivity index (χ1v) is 9.65. The Hall–Kier alpha value is -3.56. The summed E-state index contributed by atoms with van der Waals surface area (Å²) in [5.74, 6) is 0.610. The van der Waals surface area contributed by atoms with E-state index < -0.39 is 17.2 Å². The summed E-state index contributed by atoms with van der Waals surface area (Å²) in [4.78, 5) is 41.6. The fraction of sp³-hybridized carbons (Fsp3) is 0.400. The maximum absolute atomic E-state index is 12.7. The quantitative estimate of drug-likeness (QED) is 0.450. The van der Waals surface area contributed by atoms with Crippen molar-refractivity contribution in [2.24, 2.45) is 14.1 Å². The van der Waals surface area contributed by atoms with Crippen molar-refractivity contribution in [3.63, 3.8) is 0 Å². The summed E-state index contributed by atoms with van der Waals surface area (Å²) in [6, 6.07) is 4.90. The van der Waals surface area contributed by atoms with Crippen LogP contribution in [-0.4, -0.2) is 44.5 Å². The number of aromatic nitrogens is 4. The molecule has 3 aromatic rings. The molecule has 0 aliphatic carbocycles. The van der Waals surface area contributed by atoms with E-state index in [1.165, 1.54) is 10.9 Å². The summed E-state index contributed by atoms with van der Waals surface area (Å²) < 4.78 is 20.5. The van der Waals surface area contributed by atoms with Gasteiger partial charge in [-0.1, -0.05) is 0 Å². The maximum Gasteiger partial charge on any atom is 0.338 e. The highest BCUT2D eigenvalue weighted by Crippen LogP contribution is 2.30. The Kier molecular flexibility index (Phi) is 5.30. The minimum atomic E-state index is -0.506. The molecule has 10 heteroatoms. The van der Waals surface area contributed by atoms with Crippen LogP contribution in [0, 0.1) is 0 Å². The van der Waals surface area contributed by atoms with Crippen molar-refractivity contribution in [1.82, 2.24) is 18.7 Å². The number of carbonyl (C=O) groups is 1. The van der Waals surface area contributed by atoms with Gasteiger partial charge in [0.2, 0.25) is 0 Å². The summed E-state index contributed by atoms with van der Waals surface area (Å²) in [6.45, 7) is 1.28. The Labute approximate surface area is 171 Å². The first-order valence-electron chi connectivity index (χ1n) is 9.65. The van der Waals surface area contributed by atoms with E-state index in [4.69, 9.17) is 14.2 Å². The Balaban J connectivity index is 1.42. The molecule has 1 aliphatic heterocycles. The number of carbonyl (C=O) groups excluding carboxylic acids is 1. The highest BCUT2D eigenvalue weighted by atomic mass is 16.5. The van der Waals surface area contributed by atoms with E-state index in [-0.39, 0.29) is 13.2 Å². The Morgan fingerprint density at radius 2 is 1.93 bits per heavy atom. The minimum Gasteiger partial charge on any atom is -0.490 e. The molecule has 4 rings (SSSR count). The number of nitrogens with zero attached hydrogens (tertiary/aromatic N) is 4. The number of hydrogen-bond donors (Lipinski definition) is 0. The van der Waals surface area contributed by atoms with Gasteiger partial charge in [0.05, 0.1) is 31.7 Å². The second-order valence-corrected chi connectivity index (χ2v) is 7.03. The van der Waals surface area contributed by atoms with Crippen LogP contribution in [0.1, 0.15) is 23.2 Å². The lowest BCUT2D eigenvalue weighted by atomic mass is 10.2. The van der Waals surface area contributed by atoms with Gasteiger partial charge in [0.1, 0.15) is 0 Å². The van der Waals surface area contributed by atoms with Crippen molar-refractivity contribution in [2.75, 3.05) is 19.8 Å². The van der Waals surface area contributed by atoms with Gasteiger partial charge in [0.25, 0.3) is 5.56 Å². The molecule has 0 bridgehead atoms. The molecular weight excluding hydrogens is 392 g/mol. The number of hydrogen-bond acceptors (Lipinski definition) is 7. The van der Waals surface area contributed by atoms with Crippen LogP contribution in [0.15, 0.2) is 34.1 Å². The molecule has 0 atom stereocenters. The molecule has 30 heavy (non-hydrogen) atoms. The molecule has 3 heterocycles. The molecule has 0 saturated heterocycles. The first-order chi connectivity index (χ1) is 14.5. The monoisotopic (exact) mass is 414 g/mol. The molecule has 1 aromatic carbocycles. The third-order valence-electron chi connectivity index (χ3n) is 4.94. The highest BCUT2D eigenvalue weighted by molar-refractivity contribution is 5.90. The van der Waals surface area contributed by atoms with Crippen molar-refractivity contribution >= 4 is 17.1 Å². The number of aryl methyl sites for hydroxylation is 2. The van der Waals surface area contributed by atoms with E-state index in [0.717, 1.165) is 11.0 Å². The van der Waals surface area contributed by atoms with E-state index in [1.807, 2.05) is 0 Å². The zero-order chi connectivity index (χ0) is 21.3. The molecule has 158 valence electrons. The van der Waals surface area contributed by atoms with Crippen molar-refractivity contribution in [2.45, 2.75) is 19.4 Å². The van der Waals surface area contributed by atoms with Crippen LogP contribution in [0.3, 0.4) is 0 Å². The van der Waals surface area contributed by atoms with Crippen LogP contribution < -0.4 is 20.7 Å². The SMILES string of the molecule is Cn1cnc2c1c(=O)n(CCCOC(=O)c1ccc3c(c1)OCCCO3)c(=O)n2C. The zero-order valence-electron chi connectivity index (χ0n) is 16.8. The summed E-state index contributed by atoms with van der Waals surface area (Å²) >= 11 is 0. The molecule has 0 spiro atoms. The number of rotatable bonds is 5. The smallest absolute Gasteiger partial charge is 0.338 e. The van der Waals surface area contributed by atoms with Gasteiger partial charge < -0.3 is 18.8 Å². The van der Waals surface area contributed by atoms with Crippen molar-refractivity contribution < 1.29 is 19.0 Å². The third-order valence-corrected chi connectivity index (χ3v) is 4.94. The predicted octanol–water partition coefficient (Wildman–Crippen LogP) is 0.842. The van der Waals surface area contributed by atoms with Gasteiger partial charge in [-0.3, -0.25) is 13.9 Å². The fourth-order valence-electron chi connectivity index (χ4n) is 3.35. The van der Waals surface area contributed by atoms with Crippen molar-refractivity contribution in [3.8, 4) is 11.5 Å².